The highest BCUT2D eigenvalue weighted by Crippen LogP contribution is 2.19. The van der Waals surface area contributed by atoms with Crippen LogP contribution in [0.2, 0.25) is 0 Å². The first-order chi connectivity index (χ1) is 22.0. The van der Waals surface area contributed by atoms with Gasteiger partial charge in [-0.25, -0.2) is 9.78 Å². The summed E-state index contributed by atoms with van der Waals surface area (Å²) in [6, 6.07) is 8.10. The summed E-state index contributed by atoms with van der Waals surface area (Å²) in [5.41, 5.74) is 8.35. The predicted molar refractivity (Wildman–Crippen MR) is 164 cm³/mol. The zero-order valence-electron chi connectivity index (χ0n) is 24.6. The number of rotatable bonds is 16. The van der Waals surface area contributed by atoms with E-state index in [1.54, 1.807) is 18.3 Å². The number of amides is 3. The summed E-state index contributed by atoms with van der Waals surface area (Å²) >= 11 is 0. The number of aromatic amines is 2. The average Bonchev–Trinajstić information content (AvgIpc) is 3.69. The Bertz CT molecular complexity index is 1670. The molecule has 15 heteroatoms. The van der Waals surface area contributed by atoms with E-state index in [0.29, 0.717) is 16.8 Å². The number of nitrogens with two attached hydrogens (primary N) is 1. The fraction of sp³-hybridized carbons (Fsp3) is 0.290. The number of H-pyrrole nitrogens is 2. The molecule has 0 aliphatic heterocycles. The number of phenolic OH excluding ortho intramolecular Hbond substituents is 1. The summed E-state index contributed by atoms with van der Waals surface area (Å²) in [5, 5.41) is 37.1. The molecular weight excluding hydrogens is 598 g/mol. The van der Waals surface area contributed by atoms with Gasteiger partial charge in [-0.3, -0.25) is 19.2 Å². The first-order valence-corrected chi connectivity index (χ1v) is 14.4. The Hall–Kier alpha value is -5.70. The number of aliphatic carboxylic acids is 2. The van der Waals surface area contributed by atoms with Crippen LogP contribution < -0.4 is 21.7 Å². The Morgan fingerprint density at radius 3 is 2.11 bits per heavy atom. The summed E-state index contributed by atoms with van der Waals surface area (Å²) < 4.78 is 0. The van der Waals surface area contributed by atoms with Crippen molar-refractivity contribution >= 4 is 40.6 Å². The van der Waals surface area contributed by atoms with Crippen molar-refractivity contribution in [2.45, 2.75) is 56.3 Å². The molecule has 3 amide bonds. The lowest BCUT2D eigenvalue weighted by Crippen LogP contribution is -2.58. The molecule has 4 atom stereocenters. The van der Waals surface area contributed by atoms with E-state index in [-0.39, 0.29) is 37.9 Å². The second kappa shape index (κ2) is 15.3. The maximum absolute atomic E-state index is 13.7. The van der Waals surface area contributed by atoms with Crippen LogP contribution in [0.1, 0.15) is 29.7 Å². The molecule has 2 aromatic carbocycles. The lowest BCUT2D eigenvalue weighted by molar-refractivity contribution is -0.142. The minimum atomic E-state index is -1.35. The highest BCUT2D eigenvalue weighted by Gasteiger charge is 2.31. The van der Waals surface area contributed by atoms with Crippen LogP contribution >= 0.6 is 0 Å². The van der Waals surface area contributed by atoms with Gasteiger partial charge in [0.1, 0.15) is 23.9 Å². The molecule has 15 nitrogen and oxygen atoms in total. The van der Waals surface area contributed by atoms with Gasteiger partial charge in [-0.2, -0.15) is 0 Å². The lowest BCUT2D eigenvalue weighted by Gasteiger charge is -2.25. The van der Waals surface area contributed by atoms with Crippen molar-refractivity contribution in [3.05, 3.63) is 84.1 Å². The van der Waals surface area contributed by atoms with Crippen LogP contribution in [0.5, 0.6) is 5.75 Å². The molecule has 4 aromatic rings. The Balaban J connectivity index is 1.55. The minimum Gasteiger partial charge on any atom is -0.508 e. The largest absolute Gasteiger partial charge is 0.508 e. The molecule has 10 N–H and O–H groups in total. The molecule has 0 spiro atoms. The molecule has 4 unspecified atom stereocenters. The number of phenols is 1. The van der Waals surface area contributed by atoms with E-state index < -0.39 is 53.8 Å². The van der Waals surface area contributed by atoms with E-state index >= 15 is 0 Å². The Morgan fingerprint density at radius 2 is 1.46 bits per heavy atom. The van der Waals surface area contributed by atoms with Gasteiger partial charge in [-0.15, -0.1) is 0 Å². The zero-order chi connectivity index (χ0) is 33.2. The van der Waals surface area contributed by atoms with E-state index in [1.807, 2.05) is 24.3 Å². The standard InChI is InChI=1S/C31H35N7O8/c32-22(9-10-27(40)41)28(42)36-25(13-19-15-33-16-35-19)30(44)37-24(11-17-5-7-20(39)8-6-17)29(43)38-26(31(45)46)12-18-14-34-23-4-2-1-3-21(18)23/h1-8,14-16,22,24-26,34,39H,9-13,32H2,(H,33,35)(H,36,42)(H,37,44)(H,38,43)(H,40,41)(H,45,46). The van der Waals surface area contributed by atoms with Crippen LogP contribution in [0.4, 0.5) is 0 Å². The fourth-order valence-electron chi connectivity index (χ4n) is 4.86. The molecule has 2 aromatic heterocycles. The molecular formula is C31H35N7O8. The topological polar surface area (TPSA) is 253 Å². The fourth-order valence-corrected chi connectivity index (χ4v) is 4.86. The maximum Gasteiger partial charge on any atom is 0.326 e. The first kappa shape index (κ1) is 33.2. The summed E-state index contributed by atoms with van der Waals surface area (Å²) in [4.78, 5) is 73.1. The summed E-state index contributed by atoms with van der Waals surface area (Å²) in [6.07, 6.45) is 3.77. The number of aromatic nitrogens is 3. The summed E-state index contributed by atoms with van der Waals surface area (Å²) in [7, 11) is 0. The number of hydrogen-bond donors (Lipinski definition) is 9. The Kier molecular flexibility index (Phi) is 11.1. The van der Waals surface area contributed by atoms with Crippen molar-refractivity contribution in [3.8, 4) is 5.75 Å². The number of carboxylic acids is 2. The predicted octanol–water partition coefficient (Wildman–Crippen LogP) is 0.356. The van der Waals surface area contributed by atoms with E-state index in [0.717, 1.165) is 10.9 Å². The maximum atomic E-state index is 13.7. The van der Waals surface area contributed by atoms with Crippen LogP contribution in [0.15, 0.2) is 67.3 Å². The summed E-state index contributed by atoms with van der Waals surface area (Å²) in [6.45, 7) is 0. The number of nitrogens with one attached hydrogen (secondary N) is 5. The van der Waals surface area contributed by atoms with Gasteiger partial charge >= 0.3 is 11.9 Å². The van der Waals surface area contributed by atoms with Gasteiger partial charge in [0.15, 0.2) is 0 Å². The van der Waals surface area contributed by atoms with Gasteiger partial charge in [0.05, 0.1) is 12.4 Å². The average molecular weight is 634 g/mol. The zero-order valence-corrected chi connectivity index (χ0v) is 24.6. The molecule has 46 heavy (non-hydrogen) atoms. The minimum absolute atomic E-state index is 0.0139. The number of fused-ring (bicyclic) bond motifs is 1. The first-order valence-electron chi connectivity index (χ1n) is 14.4. The quantitative estimate of drug-likeness (QED) is 0.0818. The van der Waals surface area contributed by atoms with Crippen LogP contribution in [-0.4, -0.2) is 84.1 Å². The molecule has 242 valence electrons. The van der Waals surface area contributed by atoms with Crippen LogP contribution in [-0.2, 0) is 43.2 Å². The van der Waals surface area contributed by atoms with Crippen molar-refractivity contribution in [1.29, 1.82) is 0 Å². The monoisotopic (exact) mass is 633 g/mol. The number of carboxylic acid groups (broad SMARTS) is 2. The molecule has 4 rings (SSSR count). The van der Waals surface area contributed by atoms with Crippen molar-refractivity contribution in [1.82, 2.24) is 30.9 Å². The molecule has 0 saturated carbocycles. The highest BCUT2D eigenvalue weighted by atomic mass is 16.4. The van der Waals surface area contributed by atoms with E-state index in [4.69, 9.17) is 10.8 Å². The van der Waals surface area contributed by atoms with Crippen LogP contribution in [0.25, 0.3) is 10.9 Å². The number of para-hydroxylation sites is 1. The van der Waals surface area contributed by atoms with Crippen molar-refractivity contribution in [3.63, 3.8) is 0 Å². The molecule has 0 saturated heterocycles. The van der Waals surface area contributed by atoms with E-state index in [1.165, 1.54) is 24.7 Å². The summed E-state index contributed by atoms with van der Waals surface area (Å²) in [5.74, 6) is -4.78. The third-order valence-corrected chi connectivity index (χ3v) is 7.34. The second-order valence-electron chi connectivity index (χ2n) is 10.8. The van der Waals surface area contributed by atoms with Gasteiger partial charge in [0.2, 0.25) is 17.7 Å². The van der Waals surface area contributed by atoms with E-state index in [2.05, 4.69) is 30.9 Å². The number of aromatic hydroxyl groups is 1. The van der Waals surface area contributed by atoms with Crippen LogP contribution in [0, 0.1) is 0 Å². The van der Waals surface area contributed by atoms with Crippen molar-refractivity contribution in [2.75, 3.05) is 0 Å². The van der Waals surface area contributed by atoms with Gasteiger partial charge < -0.3 is 47.0 Å². The van der Waals surface area contributed by atoms with Crippen molar-refractivity contribution in [2.24, 2.45) is 5.73 Å². The number of benzene rings is 2. The molecule has 0 bridgehead atoms. The molecule has 0 radical (unpaired) electrons. The number of carbonyl (C=O) groups is 5. The SMILES string of the molecule is NC(CCC(=O)O)C(=O)NC(Cc1cnc[nH]1)C(=O)NC(Cc1ccc(O)cc1)C(=O)NC(Cc1c[nH]c2ccccc12)C(=O)O. The number of carbonyl (C=O) groups excluding carboxylic acids is 3. The Morgan fingerprint density at radius 1 is 0.804 bits per heavy atom. The van der Waals surface area contributed by atoms with Gasteiger partial charge in [-0.1, -0.05) is 30.3 Å². The number of nitrogens with zero attached hydrogens (tertiary/aromatic N) is 1. The number of imidazole rings is 1. The molecule has 2 heterocycles. The number of hydrogen-bond acceptors (Lipinski definition) is 8. The highest BCUT2D eigenvalue weighted by molar-refractivity contribution is 5.94. The molecule has 0 fully saturated rings. The van der Waals surface area contributed by atoms with Crippen LogP contribution in [0.3, 0.4) is 0 Å². The van der Waals surface area contributed by atoms with Crippen molar-refractivity contribution < 1.29 is 39.3 Å². The third kappa shape index (κ3) is 9.15. The van der Waals surface area contributed by atoms with E-state index in [9.17, 15) is 34.2 Å². The van der Waals surface area contributed by atoms with Gasteiger partial charge in [0, 0.05) is 54.7 Å². The second-order valence-corrected chi connectivity index (χ2v) is 10.8. The lowest BCUT2D eigenvalue weighted by atomic mass is 10.0. The molecule has 0 aliphatic carbocycles. The van der Waals surface area contributed by atoms with Gasteiger partial charge in [-0.05, 0) is 35.7 Å². The Labute approximate surface area is 262 Å². The third-order valence-electron chi connectivity index (χ3n) is 7.34. The normalized spacial score (nSPS) is 13.7. The smallest absolute Gasteiger partial charge is 0.326 e. The molecule has 0 aliphatic rings. The van der Waals surface area contributed by atoms with Gasteiger partial charge in [0.25, 0.3) is 0 Å².